The van der Waals surface area contributed by atoms with Crippen molar-refractivity contribution in [2.45, 2.75) is 25.7 Å². The van der Waals surface area contributed by atoms with Gasteiger partial charge < -0.3 is 10.2 Å². The summed E-state index contributed by atoms with van der Waals surface area (Å²) in [4.78, 5) is 17.2. The number of fused-ring (bicyclic) bond motifs is 2. The maximum Gasteiger partial charge on any atom is 0.263 e. The van der Waals surface area contributed by atoms with Gasteiger partial charge in [-0.15, -0.1) is 11.3 Å². The molecular formula is C15H20N2OS. The summed E-state index contributed by atoms with van der Waals surface area (Å²) in [5.74, 6) is 1.67. The minimum absolute atomic E-state index is 0.286. The Balaban J connectivity index is 1.53. The molecule has 2 fully saturated rings. The molecule has 0 bridgehead atoms. The standard InChI is InChI=1S/C15H20N2OS/c18-15(17-8-11-6-16-7-12(11)9-17)14-5-10-3-1-2-4-13(10)19-14/h5,11-12,16H,1-4,6-9H2/t11-,12+. The normalized spacial score (nSPS) is 29.4. The molecule has 2 atom stereocenters. The van der Waals surface area contributed by atoms with Crippen molar-refractivity contribution in [3.05, 3.63) is 21.4 Å². The Morgan fingerprint density at radius 3 is 2.68 bits per heavy atom. The van der Waals surface area contributed by atoms with Crippen LogP contribution < -0.4 is 5.32 Å². The number of nitrogens with one attached hydrogen (secondary N) is 1. The number of hydrogen-bond acceptors (Lipinski definition) is 3. The Labute approximate surface area is 118 Å². The molecule has 2 saturated heterocycles. The number of likely N-dealkylation sites (tertiary alicyclic amines) is 1. The highest BCUT2D eigenvalue weighted by atomic mass is 32.1. The van der Waals surface area contributed by atoms with E-state index in [4.69, 9.17) is 0 Å². The molecule has 4 rings (SSSR count). The molecule has 1 aliphatic carbocycles. The summed E-state index contributed by atoms with van der Waals surface area (Å²) in [5, 5.41) is 3.43. The van der Waals surface area contributed by atoms with Crippen LogP contribution in [-0.4, -0.2) is 37.0 Å². The van der Waals surface area contributed by atoms with E-state index in [1.165, 1.54) is 36.1 Å². The highest BCUT2D eigenvalue weighted by Crippen LogP contribution is 2.33. The average Bonchev–Trinajstić information content (AvgIpc) is 3.10. The molecule has 4 heteroatoms. The van der Waals surface area contributed by atoms with Gasteiger partial charge in [-0.2, -0.15) is 0 Å². The van der Waals surface area contributed by atoms with Crippen LogP contribution in [0.2, 0.25) is 0 Å². The van der Waals surface area contributed by atoms with E-state index in [-0.39, 0.29) is 5.91 Å². The zero-order chi connectivity index (χ0) is 12.8. The lowest BCUT2D eigenvalue weighted by atomic mass is 9.99. The molecule has 102 valence electrons. The Bertz CT molecular complexity index is 475. The van der Waals surface area contributed by atoms with Gasteiger partial charge in [0, 0.05) is 31.1 Å². The molecule has 1 aromatic rings. The Morgan fingerprint density at radius 1 is 1.21 bits per heavy atom. The fourth-order valence-electron chi connectivity index (χ4n) is 3.77. The largest absolute Gasteiger partial charge is 0.337 e. The van der Waals surface area contributed by atoms with E-state index in [0.29, 0.717) is 11.8 Å². The van der Waals surface area contributed by atoms with Crippen molar-refractivity contribution in [3.8, 4) is 0 Å². The van der Waals surface area contributed by atoms with Crippen molar-refractivity contribution < 1.29 is 4.79 Å². The average molecular weight is 276 g/mol. The van der Waals surface area contributed by atoms with Gasteiger partial charge in [-0.3, -0.25) is 4.79 Å². The van der Waals surface area contributed by atoms with Crippen LogP contribution in [0.1, 0.15) is 33.0 Å². The second-order valence-corrected chi connectivity index (χ2v) is 7.29. The maximum absolute atomic E-state index is 12.6. The van der Waals surface area contributed by atoms with E-state index in [0.717, 1.165) is 31.1 Å². The van der Waals surface area contributed by atoms with Gasteiger partial charge in [0.2, 0.25) is 0 Å². The van der Waals surface area contributed by atoms with E-state index in [1.807, 2.05) is 0 Å². The van der Waals surface area contributed by atoms with Gasteiger partial charge >= 0.3 is 0 Å². The van der Waals surface area contributed by atoms with Crippen LogP contribution in [0.4, 0.5) is 0 Å². The van der Waals surface area contributed by atoms with Crippen LogP contribution >= 0.6 is 11.3 Å². The zero-order valence-electron chi connectivity index (χ0n) is 11.2. The third-order valence-corrected chi connectivity index (χ3v) is 6.11. The fraction of sp³-hybridized carbons (Fsp3) is 0.667. The third-order valence-electron chi connectivity index (χ3n) is 4.88. The van der Waals surface area contributed by atoms with Gasteiger partial charge in [-0.25, -0.2) is 0 Å². The molecule has 19 heavy (non-hydrogen) atoms. The number of hydrogen-bond donors (Lipinski definition) is 1. The summed E-state index contributed by atoms with van der Waals surface area (Å²) in [7, 11) is 0. The first-order chi connectivity index (χ1) is 9.31. The molecule has 3 nitrogen and oxygen atoms in total. The van der Waals surface area contributed by atoms with Crippen molar-refractivity contribution in [3.63, 3.8) is 0 Å². The molecule has 1 N–H and O–H groups in total. The van der Waals surface area contributed by atoms with Crippen LogP contribution in [0, 0.1) is 11.8 Å². The molecule has 3 aliphatic rings. The smallest absolute Gasteiger partial charge is 0.263 e. The first-order valence-electron chi connectivity index (χ1n) is 7.43. The van der Waals surface area contributed by atoms with Gasteiger partial charge in [0.25, 0.3) is 5.91 Å². The molecule has 0 unspecified atom stereocenters. The van der Waals surface area contributed by atoms with Gasteiger partial charge in [0.1, 0.15) is 0 Å². The van der Waals surface area contributed by atoms with Crippen LogP contribution in [0.3, 0.4) is 0 Å². The molecule has 0 radical (unpaired) electrons. The number of carbonyl (C=O) groups is 1. The summed E-state index contributed by atoms with van der Waals surface area (Å²) >= 11 is 1.75. The van der Waals surface area contributed by atoms with Crippen molar-refractivity contribution in [2.24, 2.45) is 11.8 Å². The summed E-state index contributed by atoms with van der Waals surface area (Å²) in [5.41, 5.74) is 1.45. The molecule has 2 aliphatic heterocycles. The van der Waals surface area contributed by atoms with Crippen LogP contribution in [0.25, 0.3) is 0 Å². The lowest BCUT2D eigenvalue weighted by molar-refractivity contribution is 0.0786. The first kappa shape index (κ1) is 11.9. The second-order valence-electron chi connectivity index (χ2n) is 6.15. The molecule has 1 amide bonds. The lowest BCUT2D eigenvalue weighted by Crippen LogP contribution is -2.31. The summed E-state index contributed by atoms with van der Waals surface area (Å²) in [6.07, 6.45) is 4.94. The molecule has 0 spiro atoms. The van der Waals surface area contributed by atoms with Crippen molar-refractivity contribution in [1.82, 2.24) is 10.2 Å². The Kier molecular flexibility index (Phi) is 2.88. The van der Waals surface area contributed by atoms with E-state index < -0.39 is 0 Å². The van der Waals surface area contributed by atoms with Crippen LogP contribution in [0.5, 0.6) is 0 Å². The minimum Gasteiger partial charge on any atom is -0.337 e. The number of carbonyl (C=O) groups excluding carboxylic acids is 1. The summed E-state index contributed by atoms with van der Waals surface area (Å²) < 4.78 is 0. The number of thiophene rings is 1. The van der Waals surface area contributed by atoms with Gasteiger partial charge in [-0.1, -0.05) is 0 Å². The monoisotopic (exact) mass is 276 g/mol. The van der Waals surface area contributed by atoms with Gasteiger partial charge in [-0.05, 0) is 49.1 Å². The van der Waals surface area contributed by atoms with E-state index in [2.05, 4.69) is 16.3 Å². The summed E-state index contributed by atoms with van der Waals surface area (Å²) in [6, 6.07) is 2.17. The lowest BCUT2D eigenvalue weighted by Gasteiger charge is -2.16. The summed E-state index contributed by atoms with van der Waals surface area (Å²) in [6.45, 7) is 4.10. The fourth-order valence-corrected chi connectivity index (χ4v) is 4.99. The van der Waals surface area contributed by atoms with Crippen LogP contribution in [0.15, 0.2) is 6.07 Å². The molecule has 0 aromatic carbocycles. The van der Waals surface area contributed by atoms with Crippen molar-refractivity contribution in [2.75, 3.05) is 26.2 Å². The zero-order valence-corrected chi connectivity index (χ0v) is 12.0. The van der Waals surface area contributed by atoms with Gasteiger partial charge in [0.05, 0.1) is 4.88 Å². The van der Waals surface area contributed by atoms with Crippen molar-refractivity contribution in [1.29, 1.82) is 0 Å². The molecular weight excluding hydrogens is 256 g/mol. The van der Waals surface area contributed by atoms with Crippen LogP contribution in [-0.2, 0) is 12.8 Å². The first-order valence-corrected chi connectivity index (χ1v) is 8.24. The topological polar surface area (TPSA) is 32.3 Å². The molecule has 1 aromatic heterocycles. The minimum atomic E-state index is 0.286. The number of aryl methyl sites for hydroxylation is 2. The second kappa shape index (κ2) is 4.60. The molecule has 0 saturated carbocycles. The quantitative estimate of drug-likeness (QED) is 0.850. The third kappa shape index (κ3) is 2.01. The van der Waals surface area contributed by atoms with Crippen molar-refractivity contribution >= 4 is 17.2 Å². The molecule has 3 heterocycles. The highest BCUT2D eigenvalue weighted by molar-refractivity contribution is 7.14. The van der Waals surface area contributed by atoms with E-state index in [9.17, 15) is 4.79 Å². The predicted molar refractivity (Wildman–Crippen MR) is 76.7 cm³/mol. The number of rotatable bonds is 1. The Morgan fingerprint density at radius 2 is 1.95 bits per heavy atom. The SMILES string of the molecule is O=C(c1cc2c(s1)CCCC2)N1C[C@H]2CNC[C@H]2C1. The number of nitrogens with zero attached hydrogens (tertiary/aromatic N) is 1. The van der Waals surface area contributed by atoms with Gasteiger partial charge in [0.15, 0.2) is 0 Å². The highest BCUT2D eigenvalue weighted by Gasteiger charge is 2.38. The van der Waals surface area contributed by atoms with E-state index >= 15 is 0 Å². The van der Waals surface area contributed by atoms with E-state index in [1.54, 1.807) is 11.3 Å². The number of amides is 1. The Hall–Kier alpha value is -0.870. The maximum atomic E-state index is 12.6. The predicted octanol–water partition coefficient (Wildman–Crippen LogP) is 1.92.